The molecule has 0 aliphatic rings. The molecule has 0 N–H and O–H groups in total. The molecule has 0 saturated heterocycles. The number of hydrogen-bond acceptors (Lipinski definition) is 3. The van der Waals surface area contributed by atoms with Gasteiger partial charge in [0.2, 0.25) is 0 Å². The number of aromatic nitrogens is 2. The van der Waals surface area contributed by atoms with E-state index in [2.05, 4.69) is 5.10 Å². The average molecular weight is 253 g/mol. The minimum atomic E-state index is -0.00455. The van der Waals surface area contributed by atoms with Gasteiger partial charge in [0.25, 0.3) is 0 Å². The molecular weight excluding hydrogens is 238 g/mol. The van der Waals surface area contributed by atoms with E-state index in [1.165, 1.54) is 0 Å². The highest BCUT2D eigenvalue weighted by atomic mass is 16.1. The Balaban J connectivity index is 2.21. The summed E-state index contributed by atoms with van der Waals surface area (Å²) in [7, 11) is 0. The van der Waals surface area contributed by atoms with E-state index in [1.54, 1.807) is 28.9 Å². The lowest BCUT2D eigenvalue weighted by Gasteiger charge is -2.04. The molecule has 0 bridgehead atoms. The minimum absolute atomic E-state index is 0.00455. The lowest BCUT2D eigenvalue weighted by atomic mass is 10.1. The molecule has 0 fully saturated rings. The highest BCUT2D eigenvalue weighted by molar-refractivity contribution is 5.96. The van der Waals surface area contributed by atoms with Crippen molar-refractivity contribution in [1.29, 1.82) is 5.26 Å². The number of aryl methyl sites for hydroxylation is 1. The Labute approximate surface area is 112 Å². The number of carbonyl (C=O) groups excluding carboxylic acids is 1. The molecule has 1 heterocycles. The summed E-state index contributed by atoms with van der Waals surface area (Å²) in [4.78, 5) is 12.1. The zero-order valence-electron chi connectivity index (χ0n) is 11.3. The van der Waals surface area contributed by atoms with Gasteiger partial charge in [0.15, 0.2) is 5.78 Å². The van der Waals surface area contributed by atoms with Crippen LogP contribution in [0.4, 0.5) is 0 Å². The molecule has 0 radical (unpaired) electrons. The largest absolute Gasteiger partial charge is 0.292 e. The van der Waals surface area contributed by atoms with E-state index in [0.717, 1.165) is 17.0 Å². The number of benzene rings is 1. The zero-order chi connectivity index (χ0) is 14.0. The van der Waals surface area contributed by atoms with Gasteiger partial charge in [-0.3, -0.25) is 9.48 Å². The lowest BCUT2D eigenvalue weighted by molar-refractivity contribution is 0.0966. The molecule has 96 valence electrons. The molecule has 4 nitrogen and oxygen atoms in total. The van der Waals surface area contributed by atoms with Crippen molar-refractivity contribution in [1.82, 2.24) is 9.78 Å². The number of nitrogens with zero attached hydrogens (tertiary/aromatic N) is 3. The number of ketones is 1. The third-order valence-electron chi connectivity index (χ3n) is 3.37. The van der Waals surface area contributed by atoms with Crippen molar-refractivity contribution in [3.63, 3.8) is 0 Å². The summed E-state index contributed by atoms with van der Waals surface area (Å²) in [5.74, 6) is -0.00455. The second-order valence-electron chi connectivity index (χ2n) is 4.57. The van der Waals surface area contributed by atoms with E-state index in [4.69, 9.17) is 5.26 Å². The third kappa shape index (κ3) is 2.55. The van der Waals surface area contributed by atoms with Crippen LogP contribution < -0.4 is 0 Å². The first-order valence-electron chi connectivity index (χ1n) is 6.07. The fourth-order valence-electron chi connectivity index (χ4n) is 1.90. The summed E-state index contributed by atoms with van der Waals surface area (Å²) in [6, 6.07) is 8.70. The summed E-state index contributed by atoms with van der Waals surface area (Å²) in [6.45, 7) is 6.12. The molecule has 0 spiro atoms. The predicted octanol–water partition coefficient (Wildman–Crippen LogP) is 2.56. The maximum absolute atomic E-state index is 12.1. The van der Waals surface area contributed by atoms with Crippen LogP contribution in [0.15, 0.2) is 24.3 Å². The highest BCUT2D eigenvalue weighted by Crippen LogP contribution is 2.12. The van der Waals surface area contributed by atoms with Crippen molar-refractivity contribution in [2.75, 3.05) is 0 Å². The van der Waals surface area contributed by atoms with E-state index >= 15 is 0 Å². The molecule has 0 amide bonds. The van der Waals surface area contributed by atoms with Gasteiger partial charge < -0.3 is 0 Å². The van der Waals surface area contributed by atoms with Crippen molar-refractivity contribution < 1.29 is 4.79 Å². The molecule has 0 saturated carbocycles. The Bertz CT molecular complexity index is 660. The van der Waals surface area contributed by atoms with Crippen LogP contribution >= 0.6 is 0 Å². The normalized spacial score (nSPS) is 10.2. The molecule has 4 heteroatoms. The Hall–Kier alpha value is -2.41. The maximum atomic E-state index is 12.1. The number of hydrogen-bond donors (Lipinski definition) is 0. The second kappa shape index (κ2) is 5.07. The molecule has 0 aliphatic carbocycles. The van der Waals surface area contributed by atoms with E-state index < -0.39 is 0 Å². The van der Waals surface area contributed by atoms with E-state index in [-0.39, 0.29) is 12.3 Å². The van der Waals surface area contributed by atoms with Crippen molar-refractivity contribution in [3.8, 4) is 6.07 Å². The molecule has 1 aromatic heterocycles. The van der Waals surface area contributed by atoms with Gasteiger partial charge >= 0.3 is 0 Å². The number of carbonyl (C=O) groups is 1. The smallest absolute Gasteiger partial charge is 0.184 e. The van der Waals surface area contributed by atoms with Crippen LogP contribution in [0.2, 0.25) is 0 Å². The van der Waals surface area contributed by atoms with Gasteiger partial charge in [0.05, 0.1) is 17.3 Å². The first kappa shape index (κ1) is 13.0. The molecular formula is C15H15N3O. The highest BCUT2D eigenvalue weighted by Gasteiger charge is 2.12. The van der Waals surface area contributed by atoms with Gasteiger partial charge in [-0.05, 0) is 38.5 Å². The summed E-state index contributed by atoms with van der Waals surface area (Å²) >= 11 is 0. The fourth-order valence-corrected chi connectivity index (χ4v) is 1.90. The van der Waals surface area contributed by atoms with Crippen LogP contribution in [0.25, 0.3) is 0 Å². The first-order valence-corrected chi connectivity index (χ1v) is 6.07. The van der Waals surface area contributed by atoms with Crippen molar-refractivity contribution in [3.05, 3.63) is 52.3 Å². The van der Waals surface area contributed by atoms with Crippen molar-refractivity contribution in [2.45, 2.75) is 27.3 Å². The van der Waals surface area contributed by atoms with Gasteiger partial charge in [-0.1, -0.05) is 12.1 Å². The minimum Gasteiger partial charge on any atom is -0.292 e. The Kier molecular flexibility index (Phi) is 3.48. The molecule has 0 aliphatic heterocycles. The van der Waals surface area contributed by atoms with Crippen LogP contribution in [0.5, 0.6) is 0 Å². The van der Waals surface area contributed by atoms with E-state index in [0.29, 0.717) is 11.1 Å². The first-order chi connectivity index (χ1) is 9.02. The summed E-state index contributed by atoms with van der Waals surface area (Å²) in [5, 5.41) is 13.1. The number of rotatable bonds is 3. The summed E-state index contributed by atoms with van der Waals surface area (Å²) in [5.41, 5.74) is 4.24. The Morgan fingerprint density at radius 1 is 1.26 bits per heavy atom. The lowest BCUT2D eigenvalue weighted by Crippen LogP contribution is -2.13. The molecule has 19 heavy (non-hydrogen) atoms. The van der Waals surface area contributed by atoms with Crippen LogP contribution in [0.3, 0.4) is 0 Å². The number of nitriles is 1. The third-order valence-corrected chi connectivity index (χ3v) is 3.37. The van der Waals surface area contributed by atoms with Crippen molar-refractivity contribution in [2.24, 2.45) is 0 Å². The monoisotopic (exact) mass is 253 g/mol. The Morgan fingerprint density at radius 2 is 1.89 bits per heavy atom. The maximum Gasteiger partial charge on any atom is 0.184 e. The van der Waals surface area contributed by atoms with Gasteiger partial charge in [-0.2, -0.15) is 10.4 Å². The molecule has 0 unspecified atom stereocenters. The zero-order valence-corrected chi connectivity index (χ0v) is 11.3. The van der Waals surface area contributed by atoms with Gasteiger partial charge in [-0.15, -0.1) is 0 Å². The molecule has 0 atom stereocenters. The fraction of sp³-hybridized carbons (Fsp3) is 0.267. The van der Waals surface area contributed by atoms with Crippen LogP contribution in [-0.2, 0) is 6.54 Å². The average Bonchev–Trinajstić information content (AvgIpc) is 2.66. The van der Waals surface area contributed by atoms with E-state index in [9.17, 15) is 4.79 Å². The Morgan fingerprint density at radius 3 is 2.37 bits per heavy atom. The van der Waals surface area contributed by atoms with Crippen LogP contribution in [0.1, 0.15) is 32.9 Å². The van der Waals surface area contributed by atoms with Gasteiger partial charge in [-0.25, -0.2) is 0 Å². The summed E-state index contributed by atoms with van der Waals surface area (Å²) < 4.78 is 1.73. The number of Topliss-reactive ketones (excluding diaryl/α,β-unsaturated/α-hetero) is 1. The predicted molar refractivity (Wildman–Crippen MR) is 71.9 cm³/mol. The van der Waals surface area contributed by atoms with Crippen LogP contribution in [-0.4, -0.2) is 15.6 Å². The topological polar surface area (TPSA) is 58.7 Å². The molecule has 2 aromatic rings. The van der Waals surface area contributed by atoms with E-state index in [1.807, 2.05) is 26.8 Å². The van der Waals surface area contributed by atoms with Gasteiger partial charge in [0, 0.05) is 11.3 Å². The molecule has 2 rings (SSSR count). The second-order valence-corrected chi connectivity index (χ2v) is 4.57. The van der Waals surface area contributed by atoms with Gasteiger partial charge in [0.1, 0.15) is 6.54 Å². The molecule has 1 aromatic carbocycles. The summed E-state index contributed by atoms with van der Waals surface area (Å²) in [6.07, 6.45) is 0. The SMILES string of the molecule is Cc1nn(CC(=O)c2ccc(C#N)cc2)c(C)c1C. The quantitative estimate of drug-likeness (QED) is 0.790. The van der Waals surface area contributed by atoms with Crippen LogP contribution in [0, 0.1) is 32.1 Å². The standard InChI is InChI=1S/C15H15N3O/c1-10-11(2)17-18(12(10)3)9-15(19)14-6-4-13(8-16)5-7-14/h4-7H,9H2,1-3H3. The van der Waals surface area contributed by atoms with Crippen molar-refractivity contribution >= 4 is 5.78 Å².